The number of aromatic nitrogens is 4. The molecule has 0 bridgehead atoms. The maximum Gasteiger partial charge on any atom is 0.240 e. The Kier molecular flexibility index (Phi) is 9.31. The first-order valence-electron chi connectivity index (χ1n) is 16.0. The van der Waals surface area contributed by atoms with Gasteiger partial charge >= 0.3 is 0 Å². The fraction of sp³-hybridized carbons (Fsp3) is 0.633. The van der Waals surface area contributed by atoms with E-state index in [9.17, 15) is 8.42 Å². The first-order chi connectivity index (χ1) is 20.8. The molecule has 3 saturated carbocycles. The monoisotopic (exact) mass is 610 g/mol. The van der Waals surface area contributed by atoms with Gasteiger partial charge in [-0.25, -0.2) is 18.1 Å². The number of hydrogen-bond acceptors (Lipinski definition) is 10. The van der Waals surface area contributed by atoms with Gasteiger partial charge in [-0.2, -0.15) is 9.97 Å². The van der Waals surface area contributed by atoms with Crippen LogP contribution in [-0.2, 0) is 10.0 Å². The topological polar surface area (TPSA) is 178 Å². The number of imidazole rings is 1. The summed E-state index contributed by atoms with van der Waals surface area (Å²) in [6.07, 6.45) is 14.6. The van der Waals surface area contributed by atoms with E-state index in [0.717, 1.165) is 75.5 Å². The van der Waals surface area contributed by atoms with Crippen LogP contribution >= 0.6 is 0 Å². The van der Waals surface area contributed by atoms with Crippen molar-refractivity contribution in [3.63, 3.8) is 0 Å². The molecule has 1 aromatic carbocycles. The number of benzene rings is 1. The molecular weight excluding hydrogens is 564 g/mol. The van der Waals surface area contributed by atoms with Crippen LogP contribution in [0.15, 0.2) is 35.5 Å². The van der Waals surface area contributed by atoms with E-state index < -0.39 is 10.0 Å². The summed E-state index contributed by atoms with van der Waals surface area (Å²) in [6.45, 7) is 0.547. The quantitative estimate of drug-likeness (QED) is 0.175. The van der Waals surface area contributed by atoms with E-state index in [2.05, 4.69) is 30.2 Å². The predicted octanol–water partition coefficient (Wildman–Crippen LogP) is 3.70. The molecule has 0 aliphatic heterocycles. The minimum absolute atomic E-state index is 0.197. The Hall–Kier alpha value is -3.00. The SMILES string of the molecule is NC1CCC(Nc2ccc(S(=O)(=O)NCCNc3nc(N[C@H]4CC[C@H](N)CC4)nc4c3ncn4C3CCCC3)cc2)CC1. The zero-order valence-electron chi connectivity index (χ0n) is 24.8. The van der Waals surface area contributed by atoms with Crippen molar-refractivity contribution in [3.8, 4) is 0 Å². The van der Waals surface area contributed by atoms with Crippen molar-refractivity contribution in [3.05, 3.63) is 30.6 Å². The molecule has 0 spiro atoms. The van der Waals surface area contributed by atoms with Crippen LogP contribution in [-0.4, -0.2) is 65.2 Å². The van der Waals surface area contributed by atoms with E-state index in [1.807, 2.05) is 18.5 Å². The molecule has 3 aliphatic carbocycles. The van der Waals surface area contributed by atoms with Gasteiger partial charge in [0.05, 0.1) is 11.2 Å². The van der Waals surface area contributed by atoms with Gasteiger partial charge in [-0.05, 0) is 88.5 Å². The van der Waals surface area contributed by atoms with Crippen LogP contribution in [0.1, 0.15) is 83.1 Å². The van der Waals surface area contributed by atoms with Gasteiger partial charge < -0.3 is 32.0 Å². The molecule has 2 heterocycles. The molecule has 43 heavy (non-hydrogen) atoms. The lowest BCUT2D eigenvalue weighted by molar-refractivity contribution is 0.410. The summed E-state index contributed by atoms with van der Waals surface area (Å²) < 4.78 is 30.9. The van der Waals surface area contributed by atoms with Crippen LogP contribution in [0.4, 0.5) is 17.5 Å². The van der Waals surface area contributed by atoms with Crippen LogP contribution in [0.5, 0.6) is 0 Å². The van der Waals surface area contributed by atoms with Gasteiger partial charge in [0.25, 0.3) is 0 Å². The molecule has 0 saturated heterocycles. The number of rotatable bonds is 11. The van der Waals surface area contributed by atoms with Crippen LogP contribution in [0.25, 0.3) is 11.2 Å². The van der Waals surface area contributed by atoms with Crippen molar-refractivity contribution >= 4 is 38.6 Å². The highest BCUT2D eigenvalue weighted by atomic mass is 32.2. The number of nitrogens with zero attached hydrogens (tertiary/aromatic N) is 4. The summed E-state index contributed by atoms with van der Waals surface area (Å²) in [5, 5.41) is 10.4. The Morgan fingerprint density at radius 2 is 1.42 bits per heavy atom. The van der Waals surface area contributed by atoms with Gasteiger partial charge in [-0.1, -0.05) is 12.8 Å². The summed E-state index contributed by atoms with van der Waals surface area (Å²) >= 11 is 0. The predicted molar refractivity (Wildman–Crippen MR) is 171 cm³/mol. The minimum Gasteiger partial charge on any atom is -0.382 e. The fourth-order valence-corrected chi connectivity index (χ4v) is 7.71. The largest absolute Gasteiger partial charge is 0.382 e. The standard InChI is InChI=1S/C30H46N10O2S/c31-20-5-9-22(10-6-20)36-23-13-15-26(16-14-23)43(41,42)35-18-17-33-28-27-29(40(19-34-27)25-3-1-2-4-25)39-30(38-28)37-24-11-7-21(32)8-12-24/h13-16,19-22,24-25,35-36H,1-12,17-18,31-32H2,(H2,33,37,38,39)/t20?,21-,22?,24-. The third kappa shape index (κ3) is 7.39. The van der Waals surface area contributed by atoms with E-state index in [4.69, 9.17) is 21.4 Å². The van der Waals surface area contributed by atoms with Crippen molar-refractivity contribution in [2.24, 2.45) is 11.5 Å². The van der Waals surface area contributed by atoms with E-state index >= 15 is 0 Å². The van der Waals surface area contributed by atoms with E-state index in [-0.39, 0.29) is 23.5 Å². The number of fused-ring (bicyclic) bond motifs is 1. The Labute approximate surface area is 254 Å². The second kappa shape index (κ2) is 13.3. The molecule has 2 aromatic heterocycles. The van der Waals surface area contributed by atoms with Crippen molar-refractivity contribution in [2.45, 2.75) is 112 Å². The maximum atomic E-state index is 13.0. The lowest BCUT2D eigenvalue weighted by Gasteiger charge is -2.27. The van der Waals surface area contributed by atoms with Gasteiger partial charge in [-0.15, -0.1) is 0 Å². The summed E-state index contributed by atoms with van der Waals surface area (Å²) in [5.41, 5.74) is 14.6. The lowest BCUT2D eigenvalue weighted by Crippen LogP contribution is -2.33. The molecule has 3 aliphatic rings. The molecule has 12 nitrogen and oxygen atoms in total. The first kappa shape index (κ1) is 30.0. The molecule has 3 fully saturated rings. The van der Waals surface area contributed by atoms with Crippen molar-refractivity contribution < 1.29 is 8.42 Å². The van der Waals surface area contributed by atoms with Crippen LogP contribution in [0, 0.1) is 0 Å². The van der Waals surface area contributed by atoms with E-state index in [1.54, 1.807) is 12.1 Å². The third-order valence-electron chi connectivity index (χ3n) is 9.26. The number of hydrogen-bond donors (Lipinski definition) is 6. The van der Waals surface area contributed by atoms with Gasteiger partial charge in [0.15, 0.2) is 17.0 Å². The van der Waals surface area contributed by atoms with Crippen molar-refractivity contribution in [2.75, 3.05) is 29.0 Å². The number of sulfonamides is 1. The molecule has 3 aromatic rings. The minimum atomic E-state index is -3.66. The number of anilines is 3. The van der Waals surface area contributed by atoms with Gasteiger partial charge in [0, 0.05) is 49.0 Å². The molecule has 8 N–H and O–H groups in total. The average molecular weight is 611 g/mol. The summed E-state index contributed by atoms with van der Waals surface area (Å²) in [4.78, 5) is 14.6. The Bertz CT molecular complexity index is 1460. The van der Waals surface area contributed by atoms with Gasteiger partial charge in [-0.3, -0.25) is 0 Å². The fourth-order valence-electron chi connectivity index (χ4n) is 6.68. The highest BCUT2D eigenvalue weighted by molar-refractivity contribution is 7.89. The van der Waals surface area contributed by atoms with Crippen molar-refractivity contribution in [1.82, 2.24) is 24.2 Å². The smallest absolute Gasteiger partial charge is 0.240 e. The second-order valence-corrected chi connectivity index (χ2v) is 14.3. The first-order valence-corrected chi connectivity index (χ1v) is 17.4. The number of nitrogens with one attached hydrogen (secondary N) is 4. The molecule has 13 heteroatoms. The zero-order valence-corrected chi connectivity index (χ0v) is 25.7. The average Bonchev–Trinajstić information content (AvgIpc) is 3.68. The third-order valence-corrected chi connectivity index (χ3v) is 10.7. The lowest BCUT2D eigenvalue weighted by atomic mass is 9.92. The number of nitrogens with two attached hydrogens (primary N) is 2. The normalized spacial score (nSPS) is 25.2. The zero-order chi connectivity index (χ0) is 29.8. The van der Waals surface area contributed by atoms with Crippen LogP contribution < -0.4 is 32.1 Å². The molecule has 234 valence electrons. The maximum absolute atomic E-state index is 13.0. The summed E-state index contributed by atoms with van der Waals surface area (Å²) in [5.74, 6) is 1.18. The van der Waals surface area contributed by atoms with Crippen LogP contribution in [0.2, 0.25) is 0 Å². The molecular formula is C30H46N10O2S. The second-order valence-electron chi connectivity index (χ2n) is 12.5. The molecule has 0 atom stereocenters. The van der Waals surface area contributed by atoms with Gasteiger partial charge in [0.1, 0.15) is 0 Å². The van der Waals surface area contributed by atoms with Crippen molar-refractivity contribution in [1.29, 1.82) is 0 Å². The highest BCUT2D eigenvalue weighted by Gasteiger charge is 2.24. The molecule has 0 amide bonds. The highest BCUT2D eigenvalue weighted by Crippen LogP contribution is 2.33. The Balaban J connectivity index is 1.09. The van der Waals surface area contributed by atoms with Crippen LogP contribution in [0.3, 0.4) is 0 Å². The van der Waals surface area contributed by atoms with Gasteiger partial charge in [0.2, 0.25) is 16.0 Å². The Morgan fingerprint density at radius 3 is 2.07 bits per heavy atom. The van der Waals surface area contributed by atoms with E-state index in [0.29, 0.717) is 42.0 Å². The molecule has 0 radical (unpaired) electrons. The Morgan fingerprint density at radius 1 is 0.791 bits per heavy atom. The molecule has 6 rings (SSSR count). The molecule has 0 unspecified atom stereocenters. The van der Waals surface area contributed by atoms with E-state index in [1.165, 1.54) is 12.8 Å². The summed E-state index contributed by atoms with van der Waals surface area (Å²) in [7, 11) is -3.66. The summed E-state index contributed by atoms with van der Waals surface area (Å²) in [6, 6.07) is 8.55.